The van der Waals surface area contributed by atoms with E-state index in [0.717, 1.165) is 30.5 Å². The minimum absolute atomic E-state index is 0.00374. The van der Waals surface area contributed by atoms with Gasteiger partial charge in [-0.2, -0.15) is 0 Å². The van der Waals surface area contributed by atoms with E-state index in [4.69, 9.17) is 4.74 Å². The predicted molar refractivity (Wildman–Crippen MR) is 119 cm³/mol. The van der Waals surface area contributed by atoms with Gasteiger partial charge in [0, 0.05) is 17.9 Å². The highest BCUT2D eigenvalue weighted by Gasteiger charge is 2.40. The number of amides is 2. The van der Waals surface area contributed by atoms with Crippen molar-refractivity contribution in [2.24, 2.45) is 11.8 Å². The number of para-hydroxylation sites is 2. The van der Waals surface area contributed by atoms with Gasteiger partial charge in [0.2, 0.25) is 5.91 Å². The van der Waals surface area contributed by atoms with Gasteiger partial charge in [0.05, 0.1) is 11.8 Å². The van der Waals surface area contributed by atoms with E-state index in [1.165, 1.54) is 5.56 Å². The van der Waals surface area contributed by atoms with Crippen LogP contribution >= 0.6 is 0 Å². The van der Waals surface area contributed by atoms with Gasteiger partial charge in [-0.1, -0.05) is 49.2 Å². The lowest BCUT2D eigenvalue weighted by atomic mass is 9.78. The number of hydrogen-bond acceptors (Lipinski definition) is 4. The summed E-state index contributed by atoms with van der Waals surface area (Å²) in [6.45, 7) is 2.20. The van der Waals surface area contributed by atoms with Crippen LogP contribution in [0.3, 0.4) is 0 Å². The topological polar surface area (TPSA) is 75.7 Å². The number of rotatable bonds is 5. The summed E-state index contributed by atoms with van der Waals surface area (Å²) in [4.78, 5) is 40.2. The van der Waals surface area contributed by atoms with Crippen LogP contribution in [0, 0.1) is 18.8 Å². The molecule has 1 aliphatic heterocycles. The van der Waals surface area contributed by atoms with E-state index in [0.29, 0.717) is 25.1 Å². The highest BCUT2D eigenvalue weighted by atomic mass is 16.5. The van der Waals surface area contributed by atoms with Crippen LogP contribution in [0.15, 0.2) is 48.5 Å². The zero-order valence-corrected chi connectivity index (χ0v) is 17.8. The van der Waals surface area contributed by atoms with Crippen LogP contribution in [0.1, 0.15) is 36.8 Å². The third kappa shape index (κ3) is 4.63. The van der Waals surface area contributed by atoms with E-state index in [9.17, 15) is 14.4 Å². The molecule has 4 rings (SSSR count). The Hall–Kier alpha value is -3.15. The van der Waals surface area contributed by atoms with Gasteiger partial charge in [-0.25, -0.2) is 0 Å². The third-order valence-corrected chi connectivity index (χ3v) is 6.30. The highest BCUT2D eigenvalue weighted by molar-refractivity contribution is 5.99. The summed E-state index contributed by atoms with van der Waals surface area (Å²) >= 11 is 0. The molecule has 6 nitrogen and oxygen atoms in total. The van der Waals surface area contributed by atoms with Gasteiger partial charge < -0.3 is 15.0 Å². The second-order valence-corrected chi connectivity index (χ2v) is 8.34. The zero-order chi connectivity index (χ0) is 21.8. The summed E-state index contributed by atoms with van der Waals surface area (Å²) in [5.41, 5.74) is 3.74. The minimum atomic E-state index is -0.500. The number of nitrogens with zero attached hydrogens (tertiary/aromatic N) is 1. The molecule has 2 atom stereocenters. The summed E-state index contributed by atoms with van der Waals surface area (Å²) in [5.74, 6) is -1.73. The quantitative estimate of drug-likeness (QED) is 0.745. The highest BCUT2D eigenvalue weighted by Crippen LogP contribution is 2.36. The fourth-order valence-corrected chi connectivity index (χ4v) is 4.62. The van der Waals surface area contributed by atoms with Crippen molar-refractivity contribution in [2.45, 2.75) is 39.0 Å². The maximum atomic E-state index is 13.3. The number of esters is 1. The van der Waals surface area contributed by atoms with Gasteiger partial charge in [0.1, 0.15) is 0 Å². The first kappa shape index (κ1) is 21.1. The van der Waals surface area contributed by atoms with Crippen LogP contribution in [-0.4, -0.2) is 30.9 Å². The van der Waals surface area contributed by atoms with Crippen molar-refractivity contribution in [3.05, 3.63) is 59.7 Å². The van der Waals surface area contributed by atoms with Crippen molar-refractivity contribution in [3.8, 4) is 0 Å². The summed E-state index contributed by atoms with van der Waals surface area (Å²) < 4.78 is 5.35. The number of aryl methyl sites for hydroxylation is 1. The molecule has 1 N–H and O–H groups in total. The lowest BCUT2D eigenvalue weighted by molar-refractivity contribution is -0.156. The van der Waals surface area contributed by atoms with E-state index in [1.54, 1.807) is 6.07 Å². The molecular formula is C25H28N2O4. The number of benzene rings is 2. The number of nitrogens with one attached hydrogen (secondary N) is 1. The molecule has 6 heteroatoms. The summed E-state index contributed by atoms with van der Waals surface area (Å²) in [6.07, 6.45) is 3.93. The molecule has 31 heavy (non-hydrogen) atoms. The first-order valence-corrected chi connectivity index (χ1v) is 11.0. The Morgan fingerprint density at radius 1 is 1.00 bits per heavy atom. The predicted octanol–water partition coefficient (Wildman–Crippen LogP) is 3.87. The average molecular weight is 421 g/mol. The molecule has 1 saturated carbocycles. The first-order chi connectivity index (χ1) is 15.0. The number of fused-ring (bicyclic) bond motifs is 1. The molecule has 0 radical (unpaired) electrons. The fourth-order valence-electron chi connectivity index (χ4n) is 4.62. The molecule has 2 aliphatic rings. The van der Waals surface area contributed by atoms with Crippen molar-refractivity contribution in [1.29, 1.82) is 0 Å². The summed E-state index contributed by atoms with van der Waals surface area (Å²) in [7, 11) is 0. The Morgan fingerprint density at radius 3 is 2.52 bits per heavy atom. The standard InChI is InChI=1S/C25H28N2O4/c1-17-8-2-6-12-21(17)26-23(28)16-31-25(30)20-11-5-4-10-19(20)24(29)27-15-14-18-9-3-7-13-22(18)27/h2-3,6-9,12-13,19-20H,4-5,10-11,14-16H2,1H3,(H,26,28). The van der Waals surface area contributed by atoms with Crippen LogP contribution in [-0.2, 0) is 25.5 Å². The van der Waals surface area contributed by atoms with Gasteiger partial charge in [-0.15, -0.1) is 0 Å². The molecule has 1 fully saturated rings. The van der Waals surface area contributed by atoms with Crippen LogP contribution in [0.2, 0.25) is 0 Å². The van der Waals surface area contributed by atoms with Gasteiger partial charge in [-0.3, -0.25) is 14.4 Å². The van der Waals surface area contributed by atoms with Crippen molar-refractivity contribution >= 4 is 29.2 Å². The van der Waals surface area contributed by atoms with Gasteiger partial charge in [-0.05, 0) is 49.4 Å². The molecule has 2 aromatic carbocycles. The molecule has 2 aromatic rings. The fraction of sp³-hybridized carbons (Fsp3) is 0.400. The van der Waals surface area contributed by atoms with E-state index in [-0.39, 0.29) is 18.4 Å². The van der Waals surface area contributed by atoms with Crippen molar-refractivity contribution in [3.63, 3.8) is 0 Å². The molecule has 1 heterocycles. The third-order valence-electron chi connectivity index (χ3n) is 6.30. The summed E-state index contributed by atoms with van der Waals surface area (Å²) in [6, 6.07) is 15.4. The van der Waals surface area contributed by atoms with Crippen molar-refractivity contribution in [2.75, 3.05) is 23.4 Å². The number of carbonyl (C=O) groups excluding carboxylic acids is 3. The van der Waals surface area contributed by atoms with Gasteiger partial charge in [0.25, 0.3) is 5.91 Å². The zero-order valence-electron chi connectivity index (χ0n) is 17.8. The number of hydrogen-bond donors (Lipinski definition) is 1. The van der Waals surface area contributed by atoms with E-state index in [2.05, 4.69) is 5.32 Å². The van der Waals surface area contributed by atoms with Crippen LogP contribution in [0.25, 0.3) is 0 Å². The molecule has 2 amide bonds. The SMILES string of the molecule is Cc1ccccc1NC(=O)COC(=O)C1CCCCC1C(=O)N1CCc2ccccc21. The monoisotopic (exact) mass is 420 g/mol. The smallest absolute Gasteiger partial charge is 0.310 e. The molecule has 0 bridgehead atoms. The lowest BCUT2D eigenvalue weighted by Gasteiger charge is -2.32. The molecule has 2 unspecified atom stereocenters. The van der Waals surface area contributed by atoms with E-state index >= 15 is 0 Å². The number of carbonyl (C=O) groups is 3. The Morgan fingerprint density at radius 2 is 1.71 bits per heavy atom. The maximum Gasteiger partial charge on any atom is 0.310 e. The van der Waals surface area contributed by atoms with Crippen molar-refractivity contribution in [1.82, 2.24) is 0 Å². The van der Waals surface area contributed by atoms with Crippen LogP contribution in [0.5, 0.6) is 0 Å². The Balaban J connectivity index is 1.38. The Bertz CT molecular complexity index is 987. The lowest BCUT2D eigenvalue weighted by Crippen LogP contribution is -2.42. The Kier molecular flexibility index (Phi) is 6.35. The largest absolute Gasteiger partial charge is 0.455 e. The van der Waals surface area contributed by atoms with Crippen LogP contribution < -0.4 is 10.2 Å². The maximum absolute atomic E-state index is 13.3. The number of anilines is 2. The normalized spacial score (nSPS) is 20.1. The molecule has 0 aromatic heterocycles. The molecule has 0 spiro atoms. The molecule has 0 saturated heterocycles. The van der Waals surface area contributed by atoms with Crippen LogP contribution in [0.4, 0.5) is 11.4 Å². The summed E-state index contributed by atoms with van der Waals surface area (Å²) in [5, 5.41) is 2.77. The van der Waals surface area contributed by atoms with E-state index in [1.807, 2.05) is 54.3 Å². The van der Waals surface area contributed by atoms with E-state index < -0.39 is 17.8 Å². The Labute approximate surface area is 182 Å². The minimum Gasteiger partial charge on any atom is -0.455 e. The first-order valence-electron chi connectivity index (χ1n) is 11.0. The van der Waals surface area contributed by atoms with Gasteiger partial charge >= 0.3 is 5.97 Å². The van der Waals surface area contributed by atoms with Gasteiger partial charge in [0.15, 0.2) is 6.61 Å². The van der Waals surface area contributed by atoms with Crippen molar-refractivity contribution < 1.29 is 19.1 Å². The molecule has 162 valence electrons. The average Bonchev–Trinajstić information content (AvgIpc) is 3.23. The number of ether oxygens (including phenoxy) is 1. The second kappa shape index (κ2) is 9.33. The molecule has 1 aliphatic carbocycles. The second-order valence-electron chi connectivity index (χ2n) is 8.34. The molecular weight excluding hydrogens is 392 g/mol.